The van der Waals surface area contributed by atoms with Gasteiger partial charge in [-0.05, 0) is 127 Å². The topological polar surface area (TPSA) is 487 Å². The number of ketones is 6. The van der Waals surface area contributed by atoms with E-state index < -0.39 is 201 Å². The number of likely N-dealkylation sites (N-methyl/N-ethyl adjacent to an activating group) is 3. The summed E-state index contributed by atoms with van der Waals surface area (Å²) in [5.74, 6) is -21.0. The van der Waals surface area contributed by atoms with Crippen LogP contribution < -0.4 is 21.4 Å². The lowest BCUT2D eigenvalue weighted by molar-refractivity contribution is -0.155. The monoisotopic (exact) mass is 1360 g/mol. The average molecular weight is 1360 g/mol. The fourth-order valence-corrected chi connectivity index (χ4v) is 16.1. The van der Waals surface area contributed by atoms with E-state index in [1.807, 2.05) is 12.1 Å². The second-order valence-corrected chi connectivity index (χ2v) is 27.2. The van der Waals surface area contributed by atoms with Crippen molar-refractivity contribution in [2.75, 3.05) is 42.3 Å². The Bertz CT molecular complexity index is 4380. The summed E-state index contributed by atoms with van der Waals surface area (Å²) in [6.45, 7) is 0. The molecule has 9 aliphatic carbocycles. The number of nitrogens with zero attached hydrogens (tertiary/aromatic N) is 3. The number of halogens is 3. The molecule has 0 radical (unpaired) electrons. The fraction of sp³-hybridized carbons (Fsp3) is 0.391. The zero-order chi connectivity index (χ0) is 71.2. The highest BCUT2D eigenvalue weighted by Gasteiger charge is 2.67. The highest BCUT2D eigenvalue weighted by atomic mass is 32.2. The minimum absolute atomic E-state index is 0.00433. The Morgan fingerprint density at radius 2 is 0.812 bits per heavy atom. The lowest BCUT2D eigenvalue weighted by Crippen LogP contribution is -2.65. The largest absolute Gasteiger partial charge is 0.534 e. The molecule has 16 N–H and O–H groups in total. The van der Waals surface area contributed by atoms with Crippen molar-refractivity contribution in [1.82, 2.24) is 14.7 Å². The van der Waals surface area contributed by atoms with E-state index in [9.17, 15) is 116 Å². The summed E-state index contributed by atoms with van der Waals surface area (Å²) in [6.07, 6.45) is 0.704. The number of hydrogen-bond acceptors (Lipinski definition) is 25. The number of aliphatic hydroxyl groups is 9. The molecule has 0 aromatic heterocycles. The Balaban J connectivity index is 0.000000158. The molecule has 9 aliphatic rings. The number of rotatable bonds is 8. The minimum atomic E-state index is -6.14. The molecule has 0 bridgehead atoms. The van der Waals surface area contributed by atoms with Gasteiger partial charge in [-0.25, -0.2) is 0 Å². The van der Waals surface area contributed by atoms with Crippen molar-refractivity contribution in [3.63, 3.8) is 0 Å². The van der Waals surface area contributed by atoms with Crippen LogP contribution in [0.25, 0.3) is 17.3 Å². The van der Waals surface area contributed by atoms with Crippen LogP contribution in [0.15, 0.2) is 111 Å². The summed E-state index contributed by atoms with van der Waals surface area (Å²) in [5.41, 5.74) is 0.397. The Labute approximate surface area is 542 Å². The highest BCUT2D eigenvalue weighted by Crippen LogP contribution is 2.56. The van der Waals surface area contributed by atoms with Gasteiger partial charge in [-0.3, -0.25) is 57.9 Å². The molecule has 3 aromatic carbocycles. The van der Waals surface area contributed by atoms with Gasteiger partial charge >= 0.3 is 15.6 Å². The van der Waals surface area contributed by atoms with E-state index in [4.69, 9.17) is 17.2 Å². The van der Waals surface area contributed by atoms with Crippen LogP contribution in [-0.2, 0) is 72.5 Å². The van der Waals surface area contributed by atoms with E-state index in [-0.39, 0.29) is 59.5 Å². The first kappa shape index (κ1) is 69.3. The Morgan fingerprint density at radius 1 is 0.490 bits per heavy atom. The van der Waals surface area contributed by atoms with Gasteiger partial charge in [0.2, 0.25) is 17.3 Å². The van der Waals surface area contributed by atoms with Gasteiger partial charge in [-0.15, -0.1) is 0 Å². The zero-order valence-electron chi connectivity index (χ0n) is 51.7. The average Bonchev–Trinajstić information content (AvgIpc) is 0.714. The predicted octanol–water partition coefficient (Wildman–Crippen LogP) is 0.709. The molecule has 0 spiro atoms. The van der Waals surface area contributed by atoms with Crippen LogP contribution in [0.4, 0.5) is 13.2 Å². The number of fused-ring (bicyclic) bond motifs is 9. The van der Waals surface area contributed by atoms with Crippen molar-refractivity contribution >= 4 is 79.8 Å². The number of primary amides is 3. The van der Waals surface area contributed by atoms with Gasteiger partial charge in [-0.1, -0.05) is 48.5 Å². The van der Waals surface area contributed by atoms with Crippen LogP contribution in [0.1, 0.15) is 52.6 Å². The van der Waals surface area contributed by atoms with Crippen molar-refractivity contribution in [3.05, 3.63) is 145 Å². The third-order valence-corrected chi connectivity index (χ3v) is 20.7. The predicted molar refractivity (Wildman–Crippen MR) is 325 cm³/mol. The number of carbonyl (C=O) groups is 9. The molecule has 0 aliphatic heterocycles. The molecular weight excluding hydrogens is 1290 g/mol. The number of nitrogens with two attached hydrogens (primary N) is 3. The second-order valence-electron chi connectivity index (χ2n) is 25.6. The van der Waals surface area contributed by atoms with E-state index in [2.05, 4.69) is 4.18 Å². The minimum Gasteiger partial charge on any atom is -0.508 e. The lowest BCUT2D eigenvalue weighted by Gasteiger charge is -2.50. The molecule has 3 saturated carbocycles. The molecule has 12 rings (SSSR count). The van der Waals surface area contributed by atoms with E-state index in [1.54, 1.807) is 52.5 Å². The third-order valence-electron chi connectivity index (χ3n) is 19.7. The van der Waals surface area contributed by atoms with E-state index in [0.29, 0.717) is 24.0 Å². The standard InChI is InChI=1S/C22H21F3N2O9S.C21H22N2O7.C21H22N2O6/c1-27(2)15-10-7-9-6-8-4-3-5-11(36-37(34,35)22(23,24)25)12(8)16(28)13(9)18(30)21(10,33)19(31)14(17(15)29)20(26)32;1-23(2)15-10-7-9-6-8-4-3-5-11(24)12(8)16(25)13(9)18(27)21(10,30)19(28)14(17(15)26)20(22)29;1-23(2)15-12-8-10-7-9-5-3-4-6-11(9)16(24)13(10)18(26)21(12,29)19(27)14(17(15)25)20(22)28/h3-5,9-10,15,28,31,33H,6-7H2,1-2H3,(H2,26,32);3-5,9-10,15,24-25,28,30H,6-7H2,1-2H3,(H2,22,29);3-6,10,12,15,24,27,29H,7-8H2,1-2H3,(H2,22,28)/t2*9-,10-,15-,21-;10-,12-,15-,21-/m000/s1. The first-order chi connectivity index (χ1) is 44.6. The number of hydrogen-bond donors (Lipinski definition) is 13. The summed E-state index contributed by atoms with van der Waals surface area (Å²) in [4.78, 5) is 119. The number of alkyl halides is 3. The number of benzene rings is 3. The smallest absolute Gasteiger partial charge is 0.508 e. The Hall–Kier alpha value is -9.57. The molecule has 3 aromatic rings. The lowest BCUT2D eigenvalue weighted by atomic mass is 9.57. The van der Waals surface area contributed by atoms with Crippen molar-refractivity contribution in [3.8, 4) is 11.5 Å². The number of aromatic hydroxyl groups is 1. The molecule has 12 atom stereocenters. The first-order valence-electron chi connectivity index (χ1n) is 29.5. The van der Waals surface area contributed by atoms with Crippen molar-refractivity contribution in [2.24, 2.45) is 52.7 Å². The SMILES string of the molecule is CN(C)[C@@H]1C(=O)C(C(N)=O)=C(O)[C@@]2(O)C(=O)C3=C(O)c4c(O)cccc4C[C@H]3C[C@@H]12.CN(C)[C@@H]1C(=O)C(C(N)=O)=C(O)[C@@]2(O)C(=O)C3=C(O)c4c(cccc4OS(=O)(=O)C(F)(F)F)C[C@H]3C[C@@H]12.CN(C)[C@@H]1C(=O)C(C(N)=O)=C(O)[C@@]2(O)C(=O)C3=C(O)c4ccccc4C[C@H]3C[C@@H]12. The van der Waals surface area contributed by atoms with E-state index in [0.717, 1.165) is 11.6 Å². The second kappa shape index (κ2) is 23.7. The van der Waals surface area contributed by atoms with Crippen LogP contribution in [0, 0.1) is 35.5 Å². The molecule has 0 unspecified atom stereocenters. The molecule has 510 valence electrons. The van der Waals surface area contributed by atoms with Crippen molar-refractivity contribution in [1.29, 1.82) is 0 Å². The number of carbonyl (C=O) groups excluding carboxylic acids is 9. The highest BCUT2D eigenvalue weighted by molar-refractivity contribution is 7.88. The maximum atomic E-state index is 13.7. The number of Topliss-reactive ketones (excluding diaryl/α,β-unsaturated/α-hetero) is 6. The Morgan fingerprint density at radius 3 is 1.18 bits per heavy atom. The van der Waals surface area contributed by atoms with Crippen LogP contribution in [-0.4, -0.2) is 209 Å². The Kier molecular flexibility index (Phi) is 17.1. The summed E-state index contributed by atoms with van der Waals surface area (Å²) in [7, 11) is 3.05. The van der Waals surface area contributed by atoms with Crippen molar-refractivity contribution in [2.45, 2.75) is 79.0 Å². The molecule has 0 saturated heterocycles. The maximum absolute atomic E-state index is 13.7. The molecular formula is C64H65F3N6O22S. The summed E-state index contributed by atoms with van der Waals surface area (Å²) < 4.78 is 66.2. The molecule has 3 fully saturated rings. The third kappa shape index (κ3) is 10.1. The van der Waals surface area contributed by atoms with Gasteiger partial charge in [0.05, 0.1) is 29.3 Å². The molecule has 28 nitrogen and oxygen atoms in total. The van der Waals surface area contributed by atoms with Gasteiger partial charge in [0.25, 0.3) is 17.7 Å². The van der Waals surface area contributed by atoms with Crippen LogP contribution in [0.5, 0.6) is 11.5 Å². The van der Waals surface area contributed by atoms with Crippen molar-refractivity contribution < 1.29 is 120 Å². The molecule has 32 heteroatoms. The van der Waals surface area contributed by atoms with Gasteiger partial charge in [0.15, 0.2) is 39.9 Å². The van der Waals surface area contributed by atoms with Crippen LogP contribution in [0.3, 0.4) is 0 Å². The number of phenols is 1. The van der Waals surface area contributed by atoms with Gasteiger partial charge < -0.3 is 72.4 Å². The number of aliphatic hydroxyl groups excluding tert-OH is 6. The summed E-state index contributed by atoms with van der Waals surface area (Å²) in [6, 6.07) is 11.8. The van der Waals surface area contributed by atoms with E-state index in [1.165, 1.54) is 47.0 Å². The van der Waals surface area contributed by atoms with Gasteiger partial charge in [0.1, 0.15) is 57.0 Å². The molecule has 0 heterocycles. The van der Waals surface area contributed by atoms with Crippen LogP contribution >= 0.6 is 0 Å². The number of phenolic OH excluding ortho intramolecular Hbond substituents is 1. The summed E-state index contributed by atoms with van der Waals surface area (Å²) >= 11 is 0. The maximum Gasteiger partial charge on any atom is 0.534 e. The van der Waals surface area contributed by atoms with Gasteiger partial charge in [-0.2, -0.15) is 21.6 Å². The quantitative estimate of drug-likeness (QED) is 0.0839. The molecule has 3 amide bonds. The number of amides is 3. The zero-order valence-corrected chi connectivity index (χ0v) is 52.5. The van der Waals surface area contributed by atoms with Gasteiger partial charge in [0, 0.05) is 40.0 Å². The normalized spacial score (nSPS) is 30.0. The summed E-state index contributed by atoms with van der Waals surface area (Å²) in [5, 5.41) is 109. The van der Waals surface area contributed by atoms with Crippen LogP contribution in [0.2, 0.25) is 0 Å². The molecule has 96 heavy (non-hydrogen) atoms. The first-order valence-corrected chi connectivity index (χ1v) is 30.9. The fourth-order valence-electron chi connectivity index (χ4n) is 15.7. The van der Waals surface area contributed by atoms with E-state index >= 15 is 0 Å².